The van der Waals surface area contributed by atoms with Gasteiger partial charge in [-0.2, -0.15) is 0 Å². The van der Waals surface area contributed by atoms with Crippen molar-refractivity contribution in [2.75, 3.05) is 4.90 Å². The van der Waals surface area contributed by atoms with Crippen molar-refractivity contribution in [3.05, 3.63) is 34.7 Å². The topological polar surface area (TPSA) is 132 Å². The molecule has 3 amide bonds. The smallest absolute Gasteiger partial charge is 0.327 e. The van der Waals surface area contributed by atoms with Crippen LogP contribution in [0, 0.1) is 0 Å². The Labute approximate surface area is 167 Å². The molecule has 2 aliphatic heterocycles. The van der Waals surface area contributed by atoms with Gasteiger partial charge >= 0.3 is 11.9 Å². The lowest BCUT2D eigenvalue weighted by Crippen LogP contribution is -2.45. The fourth-order valence-corrected chi connectivity index (χ4v) is 4.43. The first-order valence-electron chi connectivity index (χ1n) is 7.83. The van der Waals surface area contributed by atoms with Crippen LogP contribution in [0.3, 0.4) is 0 Å². The number of carbonyl (C=O) groups is 5. The number of para-hydroxylation sites is 1. The van der Waals surface area contributed by atoms with Gasteiger partial charge < -0.3 is 10.2 Å². The predicted octanol–water partition coefficient (Wildman–Crippen LogP) is 1.08. The summed E-state index contributed by atoms with van der Waals surface area (Å²) in [6.07, 6.45) is -0.853. The molecule has 1 aromatic carbocycles. The first-order valence-corrected chi connectivity index (χ1v) is 9.06. The van der Waals surface area contributed by atoms with Gasteiger partial charge in [0.25, 0.3) is 11.8 Å². The summed E-state index contributed by atoms with van der Waals surface area (Å²) in [5.41, 5.74) is 0.582. The highest BCUT2D eigenvalue weighted by molar-refractivity contribution is 8.26. The minimum Gasteiger partial charge on any atom is -0.481 e. The number of hydrogen-bond acceptors (Lipinski definition) is 7. The summed E-state index contributed by atoms with van der Waals surface area (Å²) in [5, 5.41) is 18.3. The van der Waals surface area contributed by atoms with Gasteiger partial charge in [-0.25, -0.2) is 9.69 Å². The number of carboxylic acids is 2. The molecule has 0 radical (unpaired) electrons. The van der Waals surface area contributed by atoms with E-state index in [1.807, 2.05) is 0 Å². The minimum absolute atomic E-state index is 0.0647. The Balaban J connectivity index is 2.13. The van der Waals surface area contributed by atoms with Gasteiger partial charge in [0.15, 0.2) is 0 Å². The van der Waals surface area contributed by atoms with Gasteiger partial charge in [-0.15, -0.1) is 0 Å². The van der Waals surface area contributed by atoms with Gasteiger partial charge in [-0.1, -0.05) is 42.2 Å². The number of thioether (sulfide) groups is 1. The first kappa shape index (κ1) is 19.7. The summed E-state index contributed by atoms with van der Waals surface area (Å²) >= 11 is 5.79. The lowest BCUT2D eigenvalue weighted by atomic mass is 10.1. The number of anilines is 1. The van der Waals surface area contributed by atoms with Crippen LogP contribution < -0.4 is 4.90 Å². The molecule has 1 unspecified atom stereocenters. The molecule has 144 valence electrons. The van der Waals surface area contributed by atoms with E-state index in [9.17, 15) is 29.1 Å². The molecule has 9 nitrogen and oxygen atoms in total. The quantitative estimate of drug-likeness (QED) is 0.542. The fourth-order valence-electron chi connectivity index (χ4n) is 3.00. The zero-order chi connectivity index (χ0) is 20.7. The Bertz CT molecular complexity index is 1000. The summed E-state index contributed by atoms with van der Waals surface area (Å²) in [6.45, 7) is 1.20. The Hall–Kier alpha value is -3.05. The number of amides is 3. The molecule has 28 heavy (non-hydrogen) atoms. The molecule has 0 aromatic heterocycles. The number of aliphatic carboxylic acids is 2. The third kappa shape index (κ3) is 3.08. The summed E-state index contributed by atoms with van der Waals surface area (Å²) in [7, 11) is 0. The SMILES string of the molecule is CC(=O)N1C(=O)/C(=C2\SC(=S)N(C(CC(=O)O)C(=O)O)C2=O)c2ccccc21. The Morgan fingerprint density at radius 3 is 2.36 bits per heavy atom. The average Bonchev–Trinajstić information content (AvgIpc) is 3.05. The molecule has 1 fully saturated rings. The molecular weight excluding hydrogens is 408 g/mol. The number of rotatable bonds is 4. The van der Waals surface area contributed by atoms with Crippen molar-refractivity contribution in [2.45, 2.75) is 19.4 Å². The van der Waals surface area contributed by atoms with Crippen molar-refractivity contribution < 1.29 is 34.2 Å². The van der Waals surface area contributed by atoms with E-state index in [2.05, 4.69) is 0 Å². The number of carbonyl (C=O) groups excluding carboxylic acids is 3. The molecule has 0 aliphatic carbocycles. The molecular formula is C17H12N2O7S2. The number of thiocarbonyl (C=S) groups is 1. The molecule has 1 saturated heterocycles. The van der Waals surface area contributed by atoms with Gasteiger partial charge in [0, 0.05) is 12.5 Å². The van der Waals surface area contributed by atoms with E-state index < -0.39 is 42.1 Å². The lowest BCUT2D eigenvalue weighted by molar-refractivity contribution is -0.150. The Morgan fingerprint density at radius 2 is 1.79 bits per heavy atom. The molecule has 2 aliphatic rings. The van der Waals surface area contributed by atoms with E-state index in [1.165, 1.54) is 6.92 Å². The highest BCUT2D eigenvalue weighted by Crippen LogP contribution is 2.45. The Morgan fingerprint density at radius 1 is 1.14 bits per heavy atom. The second-order valence-electron chi connectivity index (χ2n) is 5.88. The molecule has 2 N–H and O–H groups in total. The van der Waals surface area contributed by atoms with Crippen LogP contribution in [0.2, 0.25) is 0 Å². The van der Waals surface area contributed by atoms with Gasteiger partial charge in [0.2, 0.25) is 5.91 Å². The van der Waals surface area contributed by atoms with Crippen LogP contribution in [-0.4, -0.2) is 55.1 Å². The zero-order valence-corrected chi connectivity index (χ0v) is 15.9. The molecule has 0 bridgehead atoms. The molecule has 0 saturated carbocycles. The second-order valence-corrected chi connectivity index (χ2v) is 7.52. The molecule has 1 aromatic rings. The summed E-state index contributed by atoms with van der Waals surface area (Å²) in [4.78, 5) is 61.6. The largest absolute Gasteiger partial charge is 0.481 e. The van der Waals surface area contributed by atoms with Crippen LogP contribution in [0.1, 0.15) is 18.9 Å². The second kappa shape index (κ2) is 7.17. The van der Waals surface area contributed by atoms with Crippen molar-refractivity contribution in [2.24, 2.45) is 0 Å². The first-order chi connectivity index (χ1) is 13.1. The number of nitrogens with zero attached hydrogens (tertiary/aromatic N) is 2. The van der Waals surface area contributed by atoms with E-state index in [4.69, 9.17) is 17.3 Å². The minimum atomic E-state index is -1.71. The zero-order valence-electron chi connectivity index (χ0n) is 14.2. The molecule has 2 heterocycles. The molecule has 11 heteroatoms. The summed E-state index contributed by atoms with van der Waals surface area (Å²) in [6, 6.07) is 4.65. The third-order valence-corrected chi connectivity index (χ3v) is 5.54. The highest BCUT2D eigenvalue weighted by Gasteiger charge is 2.46. The monoisotopic (exact) mass is 420 g/mol. The van der Waals surface area contributed by atoms with Crippen LogP contribution in [0.15, 0.2) is 29.2 Å². The van der Waals surface area contributed by atoms with Crippen LogP contribution >= 0.6 is 24.0 Å². The van der Waals surface area contributed by atoms with Gasteiger partial charge in [-0.05, 0) is 6.07 Å². The Kier molecular flexibility index (Phi) is 5.04. The van der Waals surface area contributed by atoms with Crippen LogP contribution in [0.4, 0.5) is 5.69 Å². The van der Waals surface area contributed by atoms with Gasteiger partial charge in [0.1, 0.15) is 10.4 Å². The van der Waals surface area contributed by atoms with Gasteiger partial charge in [-0.3, -0.25) is 24.1 Å². The molecule has 0 spiro atoms. The number of imide groups is 1. The van der Waals surface area contributed by atoms with E-state index >= 15 is 0 Å². The van der Waals surface area contributed by atoms with E-state index in [-0.39, 0.29) is 14.8 Å². The normalized spacial score (nSPS) is 19.8. The van der Waals surface area contributed by atoms with Crippen LogP contribution in [0.5, 0.6) is 0 Å². The number of benzene rings is 1. The summed E-state index contributed by atoms with van der Waals surface area (Å²) in [5.74, 6) is -5.10. The predicted molar refractivity (Wildman–Crippen MR) is 102 cm³/mol. The lowest BCUT2D eigenvalue weighted by Gasteiger charge is -2.21. The highest BCUT2D eigenvalue weighted by atomic mass is 32.2. The van der Waals surface area contributed by atoms with Crippen molar-refractivity contribution in [1.29, 1.82) is 0 Å². The molecule has 3 rings (SSSR count). The van der Waals surface area contributed by atoms with Crippen LogP contribution in [0.25, 0.3) is 5.57 Å². The van der Waals surface area contributed by atoms with E-state index in [1.54, 1.807) is 24.3 Å². The number of carboxylic acid groups (broad SMARTS) is 2. The van der Waals surface area contributed by atoms with Crippen molar-refractivity contribution in [3.8, 4) is 0 Å². The van der Waals surface area contributed by atoms with Gasteiger partial charge in [0.05, 0.1) is 22.6 Å². The molecule has 1 atom stereocenters. The standard InChI is InChI=1S/C17H12N2O7S2/c1-7(20)18-9-5-3-2-4-8(9)12(14(18)23)13-15(24)19(17(27)28-13)10(16(25)26)6-11(21)22/h2-5,10H,6H2,1H3,(H,21,22)(H,25,26)/b13-12-. The average molecular weight is 420 g/mol. The van der Waals surface area contributed by atoms with Crippen molar-refractivity contribution in [1.82, 2.24) is 4.90 Å². The van der Waals surface area contributed by atoms with Crippen molar-refractivity contribution in [3.63, 3.8) is 0 Å². The van der Waals surface area contributed by atoms with E-state index in [0.717, 1.165) is 4.90 Å². The maximum atomic E-state index is 12.9. The fraction of sp³-hybridized carbons (Fsp3) is 0.176. The third-order valence-electron chi connectivity index (χ3n) is 4.14. The maximum Gasteiger partial charge on any atom is 0.327 e. The van der Waals surface area contributed by atoms with Crippen LogP contribution in [-0.2, 0) is 24.0 Å². The number of hydrogen-bond donors (Lipinski definition) is 2. The van der Waals surface area contributed by atoms with Crippen molar-refractivity contribution >= 4 is 69.2 Å². The maximum absolute atomic E-state index is 12.9. The van der Waals surface area contributed by atoms with E-state index in [0.29, 0.717) is 27.9 Å². The summed E-state index contributed by atoms with van der Waals surface area (Å²) < 4.78 is -0.173. The number of fused-ring (bicyclic) bond motifs is 1.